The van der Waals surface area contributed by atoms with Gasteiger partial charge in [0.1, 0.15) is 16.4 Å². The lowest BCUT2D eigenvalue weighted by atomic mass is 10.1. The van der Waals surface area contributed by atoms with Crippen LogP contribution < -0.4 is 5.32 Å². The van der Waals surface area contributed by atoms with Gasteiger partial charge in [0.15, 0.2) is 0 Å². The normalized spacial score (nSPS) is 14.3. The van der Waals surface area contributed by atoms with E-state index < -0.39 is 5.38 Å². The van der Waals surface area contributed by atoms with Gasteiger partial charge in [-0.25, -0.2) is 0 Å². The number of nitrogens with one attached hydrogen (secondary N) is 1. The SMILES string of the molecule is N#Cc1c(NC(=O)C(Cl)c2ccccc2)sc2c1CCC2. The second kappa shape index (κ2) is 5.88. The van der Waals surface area contributed by atoms with Crippen LogP contribution in [0, 0.1) is 11.3 Å². The van der Waals surface area contributed by atoms with E-state index in [1.165, 1.54) is 16.2 Å². The molecule has 0 spiro atoms. The topological polar surface area (TPSA) is 52.9 Å². The zero-order chi connectivity index (χ0) is 14.8. The molecule has 5 heteroatoms. The molecular weight excluding hydrogens is 304 g/mol. The van der Waals surface area contributed by atoms with Gasteiger partial charge in [0.05, 0.1) is 5.56 Å². The maximum atomic E-state index is 12.3. The Bertz CT molecular complexity index is 718. The van der Waals surface area contributed by atoms with Crippen molar-refractivity contribution in [1.82, 2.24) is 0 Å². The molecule has 1 aliphatic rings. The number of benzene rings is 1. The number of halogens is 1. The first-order valence-electron chi connectivity index (χ1n) is 6.75. The molecule has 0 saturated heterocycles. The van der Waals surface area contributed by atoms with Crippen molar-refractivity contribution in [2.45, 2.75) is 24.6 Å². The fourth-order valence-corrected chi connectivity index (χ4v) is 4.00. The fourth-order valence-electron chi connectivity index (χ4n) is 2.56. The predicted molar refractivity (Wildman–Crippen MR) is 84.7 cm³/mol. The van der Waals surface area contributed by atoms with Gasteiger partial charge in [-0.3, -0.25) is 4.79 Å². The highest BCUT2D eigenvalue weighted by Gasteiger charge is 2.25. The monoisotopic (exact) mass is 316 g/mol. The first-order valence-corrected chi connectivity index (χ1v) is 8.00. The van der Waals surface area contributed by atoms with Gasteiger partial charge >= 0.3 is 0 Å². The van der Waals surface area contributed by atoms with Crippen molar-refractivity contribution in [3.05, 3.63) is 51.9 Å². The Morgan fingerprint density at radius 2 is 2.10 bits per heavy atom. The number of hydrogen-bond donors (Lipinski definition) is 1. The minimum Gasteiger partial charge on any atom is -0.315 e. The molecule has 106 valence electrons. The highest BCUT2D eigenvalue weighted by molar-refractivity contribution is 7.16. The Morgan fingerprint density at radius 3 is 2.81 bits per heavy atom. The molecular formula is C16H13ClN2OS. The average Bonchev–Trinajstić information content (AvgIpc) is 3.07. The number of rotatable bonds is 3. The van der Waals surface area contributed by atoms with E-state index in [0.29, 0.717) is 10.6 Å². The molecule has 0 aliphatic heterocycles. The number of fused-ring (bicyclic) bond motifs is 1. The summed E-state index contributed by atoms with van der Waals surface area (Å²) < 4.78 is 0. The lowest BCUT2D eigenvalue weighted by Gasteiger charge is -2.10. The van der Waals surface area contributed by atoms with E-state index in [1.807, 2.05) is 30.3 Å². The standard InChI is InChI=1S/C16H13ClN2OS/c17-14(10-5-2-1-3-6-10)15(20)19-16-12(9-18)11-7-4-8-13(11)21-16/h1-3,5-6,14H,4,7-8H2,(H,19,20). The Kier molecular flexibility index (Phi) is 3.96. The van der Waals surface area contributed by atoms with E-state index in [2.05, 4.69) is 11.4 Å². The number of carbonyl (C=O) groups excluding carboxylic acids is 1. The van der Waals surface area contributed by atoms with E-state index in [4.69, 9.17) is 11.6 Å². The maximum Gasteiger partial charge on any atom is 0.247 e. The molecule has 1 amide bonds. The molecule has 3 rings (SSSR count). The molecule has 1 unspecified atom stereocenters. The summed E-state index contributed by atoms with van der Waals surface area (Å²) in [4.78, 5) is 13.5. The number of nitrogens with zero attached hydrogens (tertiary/aromatic N) is 1. The zero-order valence-corrected chi connectivity index (χ0v) is 12.8. The van der Waals surface area contributed by atoms with Crippen LogP contribution in [0.1, 0.15) is 33.4 Å². The lowest BCUT2D eigenvalue weighted by molar-refractivity contribution is -0.115. The van der Waals surface area contributed by atoms with Crippen molar-refractivity contribution in [1.29, 1.82) is 5.26 Å². The van der Waals surface area contributed by atoms with Gasteiger partial charge in [-0.1, -0.05) is 30.3 Å². The number of thiophene rings is 1. The van der Waals surface area contributed by atoms with Crippen LogP contribution in [0.15, 0.2) is 30.3 Å². The first-order chi connectivity index (χ1) is 10.2. The molecule has 2 aromatic rings. The zero-order valence-electron chi connectivity index (χ0n) is 11.2. The minimum absolute atomic E-state index is 0.292. The van der Waals surface area contributed by atoms with Crippen molar-refractivity contribution in [3.8, 4) is 6.07 Å². The molecule has 0 saturated carbocycles. The maximum absolute atomic E-state index is 12.3. The number of anilines is 1. The lowest BCUT2D eigenvalue weighted by Crippen LogP contribution is -2.17. The molecule has 21 heavy (non-hydrogen) atoms. The molecule has 0 fully saturated rings. The van der Waals surface area contributed by atoms with Crippen LogP contribution in [0.25, 0.3) is 0 Å². The summed E-state index contributed by atoms with van der Waals surface area (Å²) >= 11 is 7.71. The Balaban J connectivity index is 1.81. The van der Waals surface area contributed by atoms with Gasteiger partial charge in [-0.15, -0.1) is 22.9 Å². The second-order valence-corrected chi connectivity index (χ2v) is 6.48. The van der Waals surface area contributed by atoms with Gasteiger partial charge in [-0.2, -0.15) is 5.26 Å². The summed E-state index contributed by atoms with van der Waals surface area (Å²) in [7, 11) is 0. The first kappa shape index (κ1) is 14.1. The number of aryl methyl sites for hydroxylation is 1. The van der Waals surface area contributed by atoms with Gasteiger partial charge in [-0.05, 0) is 30.4 Å². The number of nitriles is 1. The van der Waals surface area contributed by atoms with E-state index in [9.17, 15) is 10.1 Å². The summed E-state index contributed by atoms with van der Waals surface area (Å²) in [6, 6.07) is 11.4. The third-order valence-corrected chi connectivity index (χ3v) is 5.25. The van der Waals surface area contributed by atoms with Crippen LogP contribution in [0.2, 0.25) is 0 Å². The van der Waals surface area contributed by atoms with Gasteiger partial charge < -0.3 is 5.32 Å². The third kappa shape index (κ3) is 2.67. The summed E-state index contributed by atoms with van der Waals surface area (Å²) in [5.41, 5.74) is 2.46. The van der Waals surface area contributed by atoms with Crippen molar-refractivity contribution >= 4 is 33.8 Å². The molecule has 0 radical (unpaired) electrons. The van der Waals surface area contributed by atoms with Gasteiger partial charge in [0.2, 0.25) is 5.91 Å². The van der Waals surface area contributed by atoms with Crippen LogP contribution in [-0.4, -0.2) is 5.91 Å². The van der Waals surface area contributed by atoms with E-state index in [0.717, 1.165) is 30.4 Å². The van der Waals surface area contributed by atoms with E-state index in [1.54, 1.807) is 0 Å². The number of carbonyl (C=O) groups is 1. The fraction of sp³-hybridized carbons (Fsp3) is 0.250. The van der Waals surface area contributed by atoms with Crippen LogP contribution in [0.3, 0.4) is 0 Å². The highest BCUT2D eigenvalue weighted by atomic mass is 35.5. The van der Waals surface area contributed by atoms with Crippen LogP contribution >= 0.6 is 22.9 Å². The third-order valence-electron chi connectivity index (χ3n) is 3.59. The minimum atomic E-state index is -0.755. The van der Waals surface area contributed by atoms with Crippen molar-refractivity contribution in [2.75, 3.05) is 5.32 Å². The van der Waals surface area contributed by atoms with Crippen molar-refractivity contribution in [2.24, 2.45) is 0 Å². The van der Waals surface area contributed by atoms with E-state index >= 15 is 0 Å². The molecule has 1 atom stereocenters. The average molecular weight is 317 g/mol. The van der Waals surface area contributed by atoms with Crippen molar-refractivity contribution in [3.63, 3.8) is 0 Å². The van der Waals surface area contributed by atoms with Crippen LogP contribution in [0.4, 0.5) is 5.00 Å². The Hall–Kier alpha value is -1.83. The number of hydrogen-bond acceptors (Lipinski definition) is 3. The van der Waals surface area contributed by atoms with Crippen molar-refractivity contribution < 1.29 is 4.79 Å². The van der Waals surface area contributed by atoms with Gasteiger partial charge in [0.25, 0.3) is 0 Å². The molecule has 1 heterocycles. The Labute approximate surface area is 132 Å². The number of amides is 1. The smallest absolute Gasteiger partial charge is 0.247 e. The second-order valence-electron chi connectivity index (χ2n) is 4.94. The van der Waals surface area contributed by atoms with Crippen LogP contribution in [-0.2, 0) is 17.6 Å². The summed E-state index contributed by atoms with van der Waals surface area (Å²) in [5, 5.41) is 12.0. The quantitative estimate of drug-likeness (QED) is 0.869. The predicted octanol–water partition coefficient (Wildman–Crippen LogP) is 4.03. The number of alkyl halides is 1. The molecule has 1 aromatic carbocycles. The van der Waals surface area contributed by atoms with Gasteiger partial charge in [0, 0.05) is 4.88 Å². The molecule has 0 bridgehead atoms. The summed E-state index contributed by atoms with van der Waals surface area (Å²) in [5.74, 6) is -0.292. The van der Waals surface area contributed by atoms with E-state index in [-0.39, 0.29) is 5.91 Å². The molecule has 3 nitrogen and oxygen atoms in total. The molecule has 1 aliphatic carbocycles. The summed E-state index contributed by atoms with van der Waals surface area (Å²) in [6.07, 6.45) is 3.01. The summed E-state index contributed by atoms with van der Waals surface area (Å²) in [6.45, 7) is 0. The molecule has 1 N–H and O–H groups in total. The largest absolute Gasteiger partial charge is 0.315 e. The van der Waals surface area contributed by atoms with Crippen LogP contribution in [0.5, 0.6) is 0 Å². The molecule has 1 aromatic heterocycles. The Morgan fingerprint density at radius 1 is 1.33 bits per heavy atom. The highest BCUT2D eigenvalue weighted by Crippen LogP contribution is 2.39.